The second kappa shape index (κ2) is 8.01. The molecule has 0 bridgehead atoms. The molecule has 0 spiro atoms. The van der Waals surface area contributed by atoms with E-state index in [9.17, 15) is 14.4 Å². The minimum absolute atomic E-state index is 0.00986. The molecule has 0 atom stereocenters. The summed E-state index contributed by atoms with van der Waals surface area (Å²) in [6, 6.07) is 12.4. The van der Waals surface area contributed by atoms with E-state index in [0.29, 0.717) is 39.7 Å². The van der Waals surface area contributed by atoms with E-state index in [4.69, 9.17) is 16.3 Å². The van der Waals surface area contributed by atoms with E-state index in [1.807, 2.05) is 18.2 Å². The van der Waals surface area contributed by atoms with Crippen molar-refractivity contribution in [2.75, 3.05) is 0 Å². The van der Waals surface area contributed by atoms with Crippen molar-refractivity contribution in [2.45, 2.75) is 18.9 Å². The molecule has 158 valence electrons. The van der Waals surface area contributed by atoms with Crippen molar-refractivity contribution in [2.24, 2.45) is 0 Å². The largest absolute Gasteiger partial charge is 0.474 e. The van der Waals surface area contributed by atoms with Gasteiger partial charge in [0.25, 0.3) is 5.56 Å². The average Bonchev–Trinajstić information content (AvgIpc) is 3.63. The van der Waals surface area contributed by atoms with Crippen LogP contribution in [0.1, 0.15) is 33.6 Å². The number of hydrogen-bond donors (Lipinski definition) is 0. The van der Waals surface area contributed by atoms with Crippen molar-refractivity contribution in [1.29, 1.82) is 0 Å². The molecule has 0 radical (unpaired) electrons. The number of halogens is 1. The summed E-state index contributed by atoms with van der Waals surface area (Å²) < 4.78 is 7.10. The monoisotopic (exact) mass is 445 g/mol. The zero-order valence-electron chi connectivity index (χ0n) is 16.7. The summed E-state index contributed by atoms with van der Waals surface area (Å²) in [5.41, 5.74) is 3.10. The summed E-state index contributed by atoms with van der Waals surface area (Å²) >= 11 is 6.77. The second-order valence-corrected chi connectivity index (χ2v) is 7.85. The van der Waals surface area contributed by atoms with Gasteiger partial charge in [-0.15, -0.1) is 0 Å². The zero-order valence-corrected chi connectivity index (χ0v) is 17.5. The van der Waals surface area contributed by atoms with Gasteiger partial charge in [-0.05, 0) is 42.7 Å². The third kappa shape index (κ3) is 3.56. The van der Waals surface area contributed by atoms with Gasteiger partial charge in [0.2, 0.25) is 5.88 Å². The number of carbonyl (C=O) groups is 2. The van der Waals surface area contributed by atoms with E-state index >= 15 is 0 Å². The fraction of sp³-hybridized carbons (Fsp3) is 0.125. The van der Waals surface area contributed by atoms with E-state index in [0.717, 1.165) is 30.3 Å². The first-order chi connectivity index (χ1) is 15.6. The Labute approximate surface area is 187 Å². The highest BCUT2D eigenvalue weighted by Gasteiger charge is 2.25. The molecule has 3 heterocycles. The summed E-state index contributed by atoms with van der Waals surface area (Å²) in [6.07, 6.45) is 6.04. The Bertz CT molecular complexity index is 1440. The molecule has 0 amide bonds. The van der Waals surface area contributed by atoms with Gasteiger partial charge in [-0.2, -0.15) is 0 Å². The van der Waals surface area contributed by atoms with Crippen molar-refractivity contribution in [1.82, 2.24) is 14.4 Å². The molecule has 0 N–H and O–H groups in total. The van der Waals surface area contributed by atoms with Crippen molar-refractivity contribution in [3.05, 3.63) is 81.4 Å². The quantitative estimate of drug-likeness (QED) is 0.412. The standard InChI is InChI=1S/C24H16ClN3O4/c25-22-18(14-8-9-28-21(10-14)26-11-16(13-30)24(28)31)2-1-3-19(22)20-7-4-15(12-29)23(27-20)32-17-5-6-17/h1-4,7-13,17H,5-6H2. The van der Waals surface area contributed by atoms with Gasteiger partial charge in [-0.3, -0.25) is 18.8 Å². The Morgan fingerprint density at radius 1 is 1.03 bits per heavy atom. The van der Waals surface area contributed by atoms with Crippen molar-refractivity contribution >= 4 is 29.8 Å². The SMILES string of the molecule is O=Cc1ccc(-c2cccc(-c3ccn4c(=O)c(C=O)cnc4c3)c2Cl)nc1OC1CC1. The molecular weight excluding hydrogens is 430 g/mol. The van der Waals surface area contributed by atoms with Crippen LogP contribution in [0.2, 0.25) is 5.02 Å². The first-order valence-electron chi connectivity index (χ1n) is 9.98. The lowest BCUT2D eigenvalue weighted by Crippen LogP contribution is -2.18. The molecule has 1 aromatic carbocycles. The van der Waals surface area contributed by atoms with Crippen LogP contribution in [0.3, 0.4) is 0 Å². The molecule has 32 heavy (non-hydrogen) atoms. The Balaban J connectivity index is 1.59. The molecule has 0 unspecified atom stereocenters. The van der Waals surface area contributed by atoms with Crippen molar-refractivity contribution in [3.63, 3.8) is 0 Å². The molecule has 8 heteroatoms. The lowest BCUT2D eigenvalue weighted by Gasteiger charge is -2.12. The summed E-state index contributed by atoms with van der Waals surface area (Å²) in [5, 5.41) is 0.465. The first kappa shape index (κ1) is 20.1. The fourth-order valence-corrected chi connectivity index (χ4v) is 3.75. The summed E-state index contributed by atoms with van der Waals surface area (Å²) in [7, 11) is 0. The predicted octanol–water partition coefficient (Wildman–Crippen LogP) is 4.24. The number of aldehydes is 2. The maximum Gasteiger partial charge on any atom is 0.268 e. The summed E-state index contributed by atoms with van der Waals surface area (Å²) in [5.74, 6) is 0.307. The molecule has 1 saturated carbocycles. The van der Waals surface area contributed by atoms with E-state index in [1.165, 1.54) is 10.6 Å². The first-order valence-corrected chi connectivity index (χ1v) is 10.4. The highest BCUT2D eigenvalue weighted by Crippen LogP contribution is 2.37. The molecular formula is C24H16ClN3O4. The van der Waals surface area contributed by atoms with Crippen LogP contribution in [0.15, 0.2) is 59.7 Å². The highest BCUT2D eigenvalue weighted by atomic mass is 35.5. The molecule has 7 nitrogen and oxygen atoms in total. The number of aromatic nitrogens is 3. The molecule has 3 aromatic heterocycles. The predicted molar refractivity (Wildman–Crippen MR) is 120 cm³/mol. The Kier molecular flexibility index (Phi) is 5.03. The van der Waals surface area contributed by atoms with E-state index < -0.39 is 5.56 Å². The minimum Gasteiger partial charge on any atom is -0.474 e. The van der Waals surface area contributed by atoms with Gasteiger partial charge in [-0.25, -0.2) is 9.97 Å². The Hall–Kier alpha value is -3.84. The van der Waals surface area contributed by atoms with E-state index in [-0.39, 0.29) is 11.7 Å². The molecule has 4 aromatic rings. The van der Waals surface area contributed by atoms with Gasteiger partial charge in [0, 0.05) is 23.5 Å². The van der Waals surface area contributed by atoms with Crippen LogP contribution in [-0.2, 0) is 0 Å². The van der Waals surface area contributed by atoms with Crippen LogP contribution in [-0.4, -0.2) is 33.0 Å². The zero-order chi connectivity index (χ0) is 22.2. The number of rotatable bonds is 6. The van der Waals surface area contributed by atoms with Crippen LogP contribution < -0.4 is 10.3 Å². The van der Waals surface area contributed by atoms with Crippen LogP contribution in [0.25, 0.3) is 28.0 Å². The minimum atomic E-state index is -0.431. The number of ether oxygens (including phenoxy) is 1. The van der Waals surface area contributed by atoms with Crippen LogP contribution in [0.5, 0.6) is 5.88 Å². The van der Waals surface area contributed by atoms with Crippen LogP contribution >= 0.6 is 11.6 Å². The van der Waals surface area contributed by atoms with Gasteiger partial charge in [0.05, 0.1) is 21.8 Å². The number of benzene rings is 1. The molecule has 1 fully saturated rings. The lowest BCUT2D eigenvalue weighted by atomic mass is 10.0. The molecule has 5 rings (SSSR count). The number of pyridine rings is 2. The molecule has 1 aliphatic rings. The van der Waals surface area contributed by atoms with Crippen molar-refractivity contribution < 1.29 is 14.3 Å². The number of hydrogen-bond acceptors (Lipinski definition) is 6. The van der Waals surface area contributed by atoms with Crippen LogP contribution in [0.4, 0.5) is 0 Å². The summed E-state index contributed by atoms with van der Waals surface area (Å²) in [6.45, 7) is 0. The van der Waals surface area contributed by atoms with Gasteiger partial charge >= 0.3 is 0 Å². The maximum absolute atomic E-state index is 12.3. The van der Waals surface area contributed by atoms with Gasteiger partial charge < -0.3 is 4.74 Å². The van der Waals surface area contributed by atoms with Crippen molar-refractivity contribution in [3.8, 4) is 28.3 Å². The third-order valence-electron chi connectivity index (χ3n) is 5.27. The topological polar surface area (TPSA) is 90.6 Å². The smallest absolute Gasteiger partial charge is 0.268 e. The van der Waals surface area contributed by atoms with Crippen LogP contribution in [0, 0.1) is 0 Å². The number of nitrogens with zero attached hydrogens (tertiary/aromatic N) is 3. The summed E-state index contributed by atoms with van der Waals surface area (Å²) in [4.78, 5) is 43.4. The highest BCUT2D eigenvalue weighted by molar-refractivity contribution is 6.36. The van der Waals surface area contributed by atoms with Gasteiger partial charge in [0.15, 0.2) is 12.6 Å². The second-order valence-electron chi connectivity index (χ2n) is 7.47. The Morgan fingerprint density at radius 3 is 2.56 bits per heavy atom. The normalized spacial score (nSPS) is 13.2. The van der Waals surface area contributed by atoms with E-state index in [1.54, 1.807) is 30.5 Å². The lowest BCUT2D eigenvalue weighted by molar-refractivity contribution is 0.111. The van der Waals surface area contributed by atoms with Gasteiger partial charge in [-0.1, -0.05) is 29.8 Å². The Morgan fingerprint density at radius 2 is 1.81 bits per heavy atom. The third-order valence-corrected chi connectivity index (χ3v) is 5.68. The van der Waals surface area contributed by atoms with E-state index in [2.05, 4.69) is 9.97 Å². The average molecular weight is 446 g/mol. The molecule has 0 saturated heterocycles. The molecule has 1 aliphatic carbocycles. The fourth-order valence-electron chi connectivity index (χ4n) is 3.42. The number of carbonyl (C=O) groups excluding carboxylic acids is 2. The molecule has 0 aliphatic heterocycles. The number of fused-ring (bicyclic) bond motifs is 1. The van der Waals surface area contributed by atoms with Gasteiger partial charge in [0.1, 0.15) is 11.8 Å². The maximum atomic E-state index is 12.3.